The van der Waals surface area contributed by atoms with E-state index in [9.17, 15) is 4.39 Å². The number of nitrogens with two attached hydrogens (primary N) is 1. The molecule has 0 fully saturated rings. The van der Waals surface area contributed by atoms with Crippen LogP contribution in [0.25, 0.3) is 0 Å². The number of nitrogens with zero attached hydrogens (tertiary/aromatic N) is 3. The summed E-state index contributed by atoms with van der Waals surface area (Å²) in [6.45, 7) is 0.867. The highest BCUT2D eigenvalue weighted by atomic mass is 19.1. The van der Waals surface area contributed by atoms with Gasteiger partial charge in [-0.15, -0.1) is 0 Å². The molecule has 0 saturated heterocycles. The van der Waals surface area contributed by atoms with Crippen LogP contribution in [0, 0.1) is 5.82 Å². The Morgan fingerprint density at radius 1 is 1.44 bits per heavy atom. The number of aliphatic hydroxyl groups is 1. The van der Waals surface area contributed by atoms with Crippen molar-refractivity contribution in [1.82, 2.24) is 9.97 Å². The van der Waals surface area contributed by atoms with Gasteiger partial charge in [-0.05, 0) is 19.3 Å². The average Bonchev–Trinajstić information content (AvgIpc) is 2.27. The molecule has 0 aliphatic heterocycles. The fourth-order valence-corrected chi connectivity index (χ4v) is 1.38. The van der Waals surface area contributed by atoms with E-state index in [0.29, 0.717) is 6.54 Å². The number of unbranched alkanes of at least 4 members (excludes halogenated alkanes) is 2. The zero-order valence-corrected chi connectivity index (χ0v) is 9.36. The molecular weight excluding hydrogens is 211 g/mol. The number of halogens is 1. The first-order chi connectivity index (χ1) is 7.65. The van der Waals surface area contributed by atoms with Crippen molar-refractivity contribution in [2.24, 2.45) is 0 Å². The molecule has 0 radical (unpaired) electrons. The number of nitrogen functional groups attached to an aromatic ring is 1. The lowest BCUT2D eigenvalue weighted by atomic mass is 10.2. The van der Waals surface area contributed by atoms with Crippen LogP contribution in [0.2, 0.25) is 0 Å². The molecule has 0 aliphatic rings. The van der Waals surface area contributed by atoms with Crippen LogP contribution in [-0.2, 0) is 0 Å². The molecule has 0 atom stereocenters. The van der Waals surface area contributed by atoms with Crippen LogP contribution in [0.1, 0.15) is 19.3 Å². The Morgan fingerprint density at radius 2 is 2.19 bits per heavy atom. The van der Waals surface area contributed by atoms with Crippen molar-refractivity contribution >= 4 is 11.8 Å². The molecule has 3 N–H and O–H groups in total. The molecule has 0 bridgehead atoms. The first kappa shape index (κ1) is 12.6. The van der Waals surface area contributed by atoms with Gasteiger partial charge < -0.3 is 15.7 Å². The Hall–Kier alpha value is -1.43. The summed E-state index contributed by atoms with van der Waals surface area (Å²) in [5.74, 6) is -0.186. The SMILES string of the molecule is CN(CCCCCO)c1nc(N)ncc1F. The molecule has 1 heterocycles. The number of aliphatic hydroxyl groups excluding tert-OH is 1. The Morgan fingerprint density at radius 3 is 2.88 bits per heavy atom. The Bertz CT molecular complexity index is 335. The van der Waals surface area contributed by atoms with Crippen LogP contribution in [0.4, 0.5) is 16.2 Å². The molecule has 0 spiro atoms. The fraction of sp³-hybridized carbons (Fsp3) is 0.600. The standard InChI is InChI=1S/C10H17FN4O/c1-15(5-3-2-4-6-16)9-8(11)7-13-10(12)14-9/h7,16H,2-6H2,1H3,(H2,12,13,14). The van der Waals surface area contributed by atoms with Crippen molar-refractivity contribution in [2.75, 3.05) is 30.8 Å². The van der Waals surface area contributed by atoms with Crippen molar-refractivity contribution in [1.29, 1.82) is 0 Å². The monoisotopic (exact) mass is 228 g/mol. The highest BCUT2D eigenvalue weighted by Gasteiger charge is 2.09. The summed E-state index contributed by atoms with van der Waals surface area (Å²) in [7, 11) is 1.75. The molecular formula is C10H17FN4O. The van der Waals surface area contributed by atoms with Crippen LogP contribution < -0.4 is 10.6 Å². The third-order valence-electron chi connectivity index (χ3n) is 2.26. The average molecular weight is 228 g/mol. The molecule has 16 heavy (non-hydrogen) atoms. The normalized spacial score (nSPS) is 10.4. The minimum atomic E-state index is -0.473. The van der Waals surface area contributed by atoms with Gasteiger partial charge in [0.2, 0.25) is 5.95 Å². The van der Waals surface area contributed by atoms with Gasteiger partial charge in [0.25, 0.3) is 0 Å². The molecule has 0 aliphatic carbocycles. The summed E-state index contributed by atoms with van der Waals surface area (Å²) in [6, 6.07) is 0. The zero-order valence-electron chi connectivity index (χ0n) is 9.36. The number of hydrogen-bond donors (Lipinski definition) is 2. The van der Waals surface area contributed by atoms with E-state index >= 15 is 0 Å². The van der Waals surface area contributed by atoms with E-state index < -0.39 is 5.82 Å². The molecule has 5 nitrogen and oxygen atoms in total. The maximum Gasteiger partial charge on any atom is 0.222 e. The van der Waals surface area contributed by atoms with Crippen LogP contribution in [0.3, 0.4) is 0 Å². The van der Waals surface area contributed by atoms with E-state index in [2.05, 4.69) is 9.97 Å². The predicted molar refractivity (Wildman–Crippen MR) is 60.6 cm³/mol. The summed E-state index contributed by atoms with van der Waals surface area (Å²) in [5, 5.41) is 8.62. The molecule has 6 heteroatoms. The largest absolute Gasteiger partial charge is 0.396 e. The number of hydrogen-bond acceptors (Lipinski definition) is 5. The Kier molecular flexibility index (Phi) is 4.91. The first-order valence-electron chi connectivity index (χ1n) is 5.25. The number of aromatic nitrogens is 2. The zero-order chi connectivity index (χ0) is 12.0. The summed E-state index contributed by atoms with van der Waals surface area (Å²) < 4.78 is 13.3. The van der Waals surface area contributed by atoms with E-state index in [1.807, 2.05) is 0 Å². The van der Waals surface area contributed by atoms with Gasteiger partial charge in [-0.1, -0.05) is 0 Å². The molecule has 0 aromatic carbocycles. The second-order valence-corrected chi connectivity index (χ2v) is 3.61. The van der Waals surface area contributed by atoms with Crippen LogP contribution in [0.15, 0.2) is 6.20 Å². The maximum atomic E-state index is 13.3. The van der Waals surface area contributed by atoms with Gasteiger partial charge in [-0.3, -0.25) is 0 Å². The summed E-state index contributed by atoms with van der Waals surface area (Å²) in [6.07, 6.45) is 3.62. The van der Waals surface area contributed by atoms with Gasteiger partial charge in [0.15, 0.2) is 11.6 Å². The van der Waals surface area contributed by atoms with Crippen LogP contribution in [0.5, 0.6) is 0 Å². The highest BCUT2D eigenvalue weighted by Crippen LogP contribution is 2.15. The number of rotatable bonds is 6. The Labute approximate surface area is 94.1 Å². The summed E-state index contributed by atoms with van der Waals surface area (Å²) in [5.41, 5.74) is 5.39. The molecule has 1 aromatic rings. The summed E-state index contributed by atoms with van der Waals surface area (Å²) >= 11 is 0. The highest BCUT2D eigenvalue weighted by molar-refractivity contribution is 5.41. The van der Waals surface area contributed by atoms with Crippen molar-refractivity contribution < 1.29 is 9.50 Å². The first-order valence-corrected chi connectivity index (χ1v) is 5.25. The van der Waals surface area contributed by atoms with Gasteiger partial charge in [0.05, 0.1) is 6.20 Å². The smallest absolute Gasteiger partial charge is 0.222 e. The van der Waals surface area contributed by atoms with Crippen LogP contribution in [-0.4, -0.2) is 35.3 Å². The third-order valence-corrected chi connectivity index (χ3v) is 2.26. The topological polar surface area (TPSA) is 75.3 Å². The fourth-order valence-electron chi connectivity index (χ4n) is 1.38. The van der Waals surface area contributed by atoms with Gasteiger partial charge in [0, 0.05) is 20.2 Å². The minimum Gasteiger partial charge on any atom is -0.396 e. The molecule has 1 aromatic heterocycles. The third kappa shape index (κ3) is 3.62. The summed E-state index contributed by atoms with van der Waals surface area (Å²) in [4.78, 5) is 9.10. The molecule has 0 unspecified atom stereocenters. The van der Waals surface area contributed by atoms with E-state index in [0.717, 1.165) is 25.5 Å². The quantitative estimate of drug-likeness (QED) is 0.704. The maximum absolute atomic E-state index is 13.3. The van der Waals surface area contributed by atoms with Gasteiger partial charge >= 0.3 is 0 Å². The van der Waals surface area contributed by atoms with Gasteiger partial charge in [-0.25, -0.2) is 9.37 Å². The van der Waals surface area contributed by atoms with E-state index in [1.165, 1.54) is 0 Å². The van der Waals surface area contributed by atoms with Crippen molar-refractivity contribution in [3.05, 3.63) is 12.0 Å². The van der Waals surface area contributed by atoms with Gasteiger partial charge in [-0.2, -0.15) is 4.98 Å². The lowest BCUT2D eigenvalue weighted by Crippen LogP contribution is -2.21. The molecule has 0 saturated carbocycles. The van der Waals surface area contributed by atoms with Crippen molar-refractivity contribution in [2.45, 2.75) is 19.3 Å². The Balaban J connectivity index is 2.51. The van der Waals surface area contributed by atoms with Crippen LogP contribution >= 0.6 is 0 Å². The van der Waals surface area contributed by atoms with Crippen molar-refractivity contribution in [3.63, 3.8) is 0 Å². The second-order valence-electron chi connectivity index (χ2n) is 3.61. The molecule has 90 valence electrons. The minimum absolute atomic E-state index is 0.0682. The molecule has 1 rings (SSSR count). The van der Waals surface area contributed by atoms with E-state index in [-0.39, 0.29) is 18.4 Å². The van der Waals surface area contributed by atoms with Crippen molar-refractivity contribution in [3.8, 4) is 0 Å². The lowest BCUT2D eigenvalue weighted by Gasteiger charge is -2.18. The molecule has 0 amide bonds. The lowest BCUT2D eigenvalue weighted by molar-refractivity contribution is 0.283. The van der Waals surface area contributed by atoms with E-state index in [1.54, 1.807) is 11.9 Å². The predicted octanol–water partition coefficient (Wildman–Crippen LogP) is 0.797. The van der Waals surface area contributed by atoms with Gasteiger partial charge in [0.1, 0.15) is 0 Å². The second kappa shape index (κ2) is 6.22. The number of anilines is 2. The van der Waals surface area contributed by atoms with E-state index in [4.69, 9.17) is 10.8 Å².